The third-order valence-corrected chi connectivity index (χ3v) is 1.21. The summed E-state index contributed by atoms with van der Waals surface area (Å²) in [5, 5.41) is 20.3. The van der Waals surface area contributed by atoms with Gasteiger partial charge in [0.1, 0.15) is 0 Å². The number of hydrogen-bond acceptors (Lipinski definition) is 5. The van der Waals surface area contributed by atoms with E-state index in [0.717, 1.165) is 18.3 Å². The Bertz CT molecular complexity index is 292. The maximum absolute atomic E-state index is 10.2. The molecule has 1 aromatic rings. The molecule has 1 heterocycles. The van der Waals surface area contributed by atoms with E-state index in [2.05, 4.69) is 4.98 Å². The van der Waals surface area contributed by atoms with Crippen molar-refractivity contribution in [2.45, 2.75) is 0 Å². The van der Waals surface area contributed by atoms with Crippen LogP contribution in [0.25, 0.3) is 0 Å². The number of aromatic nitrogens is 1. The molecule has 0 atom stereocenters. The van der Waals surface area contributed by atoms with Crippen LogP contribution in [-0.4, -0.2) is 16.9 Å². The van der Waals surface area contributed by atoms with Crippen molar-refractivity contribution in [1.29, 1.82) is 0 Å². The first kappa shape index (κ1) is 17.7. The summed E-state index contributed by atoms with van der Waals surface area (Å²) < 4.78 is 0. The average Bonchev–Trinajstić information content (AvgIpc) is 2.04. The predicted octanol–water partition coefficient (Wildman–Crippen LogP) is -8.18. The van der Waals surface area contributed by atoms with Gasteiger partial charge in [-0.25, -0.2) is 0 Å². The van der Waals surface area contributed by atoms with Gasteiger partial charge < -0.3 is 19.8 Å². The molecule has 0 aliphatic heterocycles. The molecule has 0 spiro atoms. The first-order chi connectivity index (χ1) is 5.61. The molecule has 0 N–H and O–H groups in total. The first-order valence-electron chi connectivity index (χ1n) is 3.00. The molecule has 0 aliphatic carbocycles. The average molecular weight is 243 g/mol. The largest absolute Gasteiger partial charge is 1.00 e. The van der Waals surface area contributed by atoms with Gasteiger partial charge in [-0.05, 0) is 12.1 Å². The summed E-state index contributed by atoms with van der Waals surface area (Å²) in [6, 6.07) is 2.13. The van der Waals surface area contributed by atoms with Crippen LogP contribution in [-0.2, 0) is 0 Å². The van der Waals surface area contributed by atoms with Crippen molar-refractivity contribution in [2.75, 3.05) is 0 Å². The third-order valence-electron chi connectivity index (χ3n) is 1.21. The molecule has 14 heavy (non-hydrogen) atoms. The zero-order valence-corrected chi connectivity index (χ0v) is 14.1. The van der Waals surface area contributed by atoms with Gasteiger partial charge in [-0.15, -0.1) is 0 Å². The quantitative estimate of drug-likeness (QED) is 0.481. The molecule has 5 nitrogen and oxygen atoms in total. The number of hydrogen-bond donors (Lipinski definition) is 0. The van der Waals surface area contributed by atoms with Gasteiger partial charge >= 0.3 is 103 Å². The minimum atomic E-state index is -1.44. The van der Waals surface area contributed by atoms with Crippen LogP contribution in [0.15, 0.2) is 18.3 Å². The summed E-state index contributed by atoms with van der Waals surface area (Å²) in [6.07, 6.45) is 0.903. The number of carbonyl (C=O) groups excluding carboxylic acids is 2. The maximum Gasteiger partial charge on any atom is 1.00 e. The predicted molar refractivity (Wildman–Crippen MR) is 32.9 cm³/mol. The van der Waals surface area contributed by atoms with Crippen LogP contribution in [0.2, 0.25) is 0 Å². The van der Waals surface area contributed by atoms with Gasteiger partial charge in [0.25, 0.3) is 0 Å². The molecule has 0 saturated carbocycles. The topological polar surface area (TPSA) is 93.1 Å². The van der Waals surface area contributed by atoms with E-state index in [-0.39, 0.29) is 114 Å². The second-order valence-electron chi connectivity index (χ2n) is 2.01. The van der Waals surface area contributed by atoms with Crippen LogP contribution in [0.1, 0.15) is 20.8 Å². The summed E-state index contributed by atoms with van der Waals surface area (Å²) in [4.78, 5) is 23.6. The van der Waals surface area contributed by atoms with Crippen LogP contribution >= 0.6 is 0 Å². The Balaban J connectivity index is 0. The molecule has 0 radical (unpaired) electrons. The normalized spacial score (nSPS) is 8.00. The van der Waals surface area contributed by atoms with Gasteiger partial charge in [-0.1, -0.05) is 0 Å². The molecule has 0 unspecified atom stereocenters. The van der Waals surface area contributed by atoms with Crippen molar-refractivity contribution in [2.24, 2.45) is 0 Å². The molecular weight excluding hydrogens is 240 g/mol. The number of carbonyl (C=O) groups is 2. The Hall–Kier alpha value is 1.36. The van der Waals surface area contributed by atoms with Gasteiger partial charge in [-0.2, -0.15) is 0 Å². The van der Waals surface area contributed by atoms with Crippen molar-refractivity contribution in [1.82, 2.24) is 4.98 Å². The fourth-order valence-electron chi connectivity index (χ4n) is 0.635. The number of rotatable bonds is 2. The second-order valence-corrected chi connectivity index (χ2v) is 2.01. The van der Waals surface area contributed by atoms with Gasteiger partial charge in [0, 0.05) is 11.8 Å². The number of nitrogens with zero attached hydrogens (tertiary/aromatic N) is 1. The van der Waals surface area contributed by atoms with Crippen molar-refractivity contribution in [3.8, 4) is 0 Å². The Morgan fingerprint density at radius 3 is 1.93 bits per heavy atom. The van der Waals surface area contributed by atoms with Crippen molar-refractivity contribution in [3.05, 3.63) is 29.6 Å². The van der Waals surface area contributed by atoms with E-state index >= 15 is 0 Å². The molecule has 0 aliphatic rings. The van der Waals surface area contributed by atoms with E-state index < -0.39 is 11.9 Å². The van der Waals surface area contributed by atoms with E-state index in [4.69, 9.17) is 0 Å². The van der Waals surface area contributed by atoms with E-state index in [1.165, 1.54) is 0 Å². The SMILES string of the molecule is O=C([O-])c1ccc(C(=O)[O-])nc1.[K+].[K+]. The Kier molecular flexibility index (Phi) is 10.8. The molecule has 0 amide bonds. The van der Waals surface area contributed by atoms with Crippen molar-refractivity contribution in [3.63, 3.8) is 0 Å². The van der Waals surface area contributed by atoms with Crippen LogP contribution < -0.4 is 113 Å². The van der Waals surface area contributed by atoms with Gasteiger partial charge in [0.2, 0.25) is 0 Å². The first-order valence-corrected chi connectivity index (χ1v) is 3.00. The molecule has 0 aromatic carbocycles. The smallest absolute Gasteiger partial charge is 0.545 e. The van der Waals surface area contributed by atoms with Gasteiger partial charge in [0.05, 0.1) is 17.6 Å². The Labute approximate surface area is 165 Å². The molecular formula is C7H3K2NO4. The molecule has 7 heteroatoms. The van der Waals surface area contributed by atoms with Crippen molar-refractivity contribution >= 4 is 11.9 Å². The fourth-order valence-corrected chi connectivity index (χ4v) is 0.635. The standard InChI is InChI=1S/C7H5NO4.2K/c9-6(10)4-1-2-5(7(11)12)8-3-4;;/h1-3H,(H,9,10)(H,11,12);;/q;2*+1/p-2. The molecule has 0 bridgehead atoms. The summed E-state index contributed by atoms with van der Waals surface area (Å²) >= 11 is 0. The monoisotopic (exact) mass is 243 g/mol. The summed E-state index contributed by atoms with van der Waals surface area (Å²) in [5.41, 5.74) is -0.472. The third kappa shape index (κ3) is 5.45. The van der Waals surface area contributed by atoms with Crippen LogP contribution in [0.4, 0.5) is 0 Å². The summed E-state index contributed by atoms with van der Waals surface area (Å²) in [6.45, 7) is 0. The maximum atomic E-state index is 10.2. The zero-order valence-electron chi connectivity index (χ0n) is 7.81. The number of carboxylic acid groups (broad SMARTS) is 2. The Morgan fingerprint density at radius 1 is 1.07 bits per heavy atom. The van der Waals surface area contributed by atoms with E-state index in [0.29, 0.717) is 0 Å². The molecule has 0 fully saturated rings. The van der Waals surface area contributed by atoms with E-state index in [9.17, 15) is 19.8 Å². The molecule has 1 rings (SSSR count). The number of pyridine rings is 1. The van der Waals surface area contributed by atoms with E-state index in [1.54, 1.807) is 0 Å². The van der Waals surface area contributed by atoms with Crippen LogP contribution in [0, 0.1) is 0 Å². The molecule has 1 aromatic heterocycles. The minimum Gasteiger partial charge on any atom is -0.545 e. The van der Waals surface area contributed by atoms with Crippen LogP contribution in [0.5, 0.6) is 0 Å². The summed E-state index contributed by atoms with van der Waals surface area (Å²) in [5.74, 6) is -2.84. The van der Waals surface area contributed by atoms with Gasteiger partial charge in [0.15, 0.2) is 0 Å². The fraction of sp³-hybridized carbons (Fsp3) is 0. The molecule has 0 saturated heterocycles. The molecule has 62 valence electrons. The van der Waals surface area contributed by atoms with Gasteiger partial charge in [-0.3, -0.25) is 4.98 Å². The number of carboxylic acids is 2. The summed E-state index contributed by atoms with van der Waals surface area (Å²) in [7, 11) is 0. The second kappa shape index (κ2) is 8.51. The van der Waals surface area contributed by atoms with E-state index in [1.807, 2.05) is 0 Å². The van der Waals surface area contributed by atoms with Crippen molar-refractivity contribution < 1.29 is 123 Å². The van der Waals surface area contributed by atoms with Crippen LogP contribution in [0.3, 0.4) is 0 Å². The number of aromatic carboxylic acids is 2. The minimum absolute atomic E-state index is 0. The Morgan fingerprint density at radius 2 is 1.64 bits per heavy atom. The zero-order chi connectivity index (χ0) is 9.14.